The SMILES string of the molecule is CCc1nnc(NC(=O)[C@H]2CCCN(S(=O)(=O)c3ccc(S(=O)(=O)N(C)C)cc3)C2)s1. The first-order valence-electron chi connectivity index (χ1n) is 9.71. The summed E-state index contributed by atoms with van der Waals surface area (Å²) in [5, 5.41) is 11.8. The number of hydrogen-bond donors (Lipinski definition) is 1. The van der Waals surface area contributed by atoms with E-state index in [1.54, 1.807) is 0 Å². The normalized spacial score (nSPS) is 18.3. The van der Waals surface area contributed by atoms with Crippen molar-refractivity contribution in [2.45, 2.75) is 36.0 Å². The van der Waals surface area contributed by atoms with Gasteiger partial charge in [0.2, 0.25) is 31.1 Å². The van der Waals surface area contributed by atoms with E-state index >= 15 is 0 Å². The molecule has 0 bridgehead atoms. The monoisotopic (exact) mass is 487 g/mol. The van der Waals surface area contributed by atoms with Crippen molar-refractivity contribution in [1.29, 1.82) is 0 Å². The molecule has 0 spiro atoms. The Bertz CT molecular complexity index is 1140. The summed E-state index contributed by atoms with van der Waals surface area (Å²) in [7, 11) is -4.70. The van der Waals surface area contributed by atoms with Gasteiger partial charge in [0.1, 0.15) is 5.01 Å². The Morgan fingerprint density at radius 3 is 2.39 bits per heavy atom. The molecule has 1 amide bonds. The highest BCUT2D eigenvalue weighted by molar-refractivity contribution is 7.89. The number of carbonyl (C=O) groups excluding carboxylic acids is 1. The number of aryl methyl sites for hydroxylation is 1. The quantitative estimate of drug-likeness (QED) is 0.625. The standard InChI is InChI=1S/C18H25N5O5S3/c1-4-16-20-21-18(29-16)19-17(24)13-6-5-11-23(12-13)31(27,28)15-9-7-14(8-10-15)30(25,26)22(2)3/h7-10,13H,4-6,11-12H2,1-3H3,(H,19,21,24)/t13-/m0/s1. The van der Waals surface area contributed by atoms with Crippen molar-refractivity contribution < 1.29 is 21.6 Å². The van der Waals surface area contributed by atoms with Gasteiger partial charge in [-0.3, -0.25) is 4.79 Å². The smallest absolute Gasteiger partial charge is 0.243 e. The molecule has 13 heteroatoms. The zero-order chi connectivity index (χ0) is 22.8. The highest BCUT2D eigenvalue weighted by Gasteiger charge is 2.34. The summed E-state index contributed by atoms with van der Waals surface area (Å²) in [4.78, 5) is 12.6. The van der Waals surface area contributed by atoms with Gasteiger partial charge in [0, 0.05) is 27.2 Å². The van der Waals surface area contributed by atoms with Gasteiger partial charge in [-0.05, 0) is 43.5 Å². The second-order valence-corrected chi connectivity index (χ2v) is 12.5. The fourth-order valence-electron chi connectivity index (χ4n) is 3.17. The zero-order valence-electron chi connectivity index (χ0n) is 17.5. The van der Waals surface area contributed by atoms with Gasteiger partial charge in [0.15, 0.2) is 0 Å². The number of amides is 1. The van der Waals surface area contributed by atoms with Crippen molar-refractivity contribution >= 4 is 42.4 Å². The lowest BCUT2D eigenvalue weighted by Gasteiger charge is -2.31. The van der Waals surface area contributed by atoms with Gasteiger partial charge in [-0.25, -0.2) is 21.1 Å². The van der Waals surface area contributed by atoms with Crippen LogP contribution in [0.1, 0.15) is 24.8 Å². The molecule has 1 N–H and O–H groups in total. The number of piperidine rings is 1. The number of carbonyl (C=O) groups is 1. The fourth-order valence-corrected chi connectivity index (χ4v) is 6.28. The van der Waals surface area contributed by atoms with E-state index in [0.29, 0.717) is 24.5 Å². The van der Waals surface area contributed by atoms with Crippen LogP contribution in [0.15, 0.2) is 34.1 Å². The van der Waals surface area contributed by atoms with Crippen molar-refractivity contribution in [2.75, 3.05) is 32.5 Å². The molecule has 1 fully saturated rings. The van der Waals surface area contributed by atoms with Crippen molar-refractivity contribution in [3.63, 3.8) is 0 Å². The zero-order valence-corrected chi connectivity index (χ0v) is 19.9. The van der Waals surface area contributed by atoms with E-state index in [2.05, 4.69) is 15.5 Å². The van der Waals surface area contributed by atoms with Crippen LogP contribution in [0.25, 0.3) is 0 Å². The third-order valence-electron chi connectivity index (χ3n) is 4.99. The van der Waals surface area contributed by atoms with Crippen LogP contribution in [0.4, 0.5) is 5.13 Å². The van der Waals surface area contributed by atoms with Gasteiger partial charge in [-0.2, -0.15) is 4.31 Å². The third kappa shape index (κ3) is 5.12. The molecule has 1 atom stereocenters. The lowest BCUT2D eigenvalue weighted by molar-refractivity contribution is -0.120. The molecular formula is C18H25N5O5S3. The van der Waals surface area contributed by atoms with Crippen molar-refractivity contribution in [2.24, 2.45) is 5.92 Å². The minimum absolute atomic E-state index is 0.0101. The van der Waals surface area contributed by atoms with Crippen LogP contribution in [0.3, 0.4) is 0 Å². The molecule has 1 aliphatic rings. The predicted molar refractivity (Wildman–Crippen MR) is 117 cm³/mol. The van der Waals surface area contributed by atoms with E-state index in [1.165, 1.54) is 54.0 Å². The Labute approximate surface area is 186 Å². The molecule has 2 aromatic rings. The maximum atomic E-state index is 13.1. The van der Waals surface area contributed by atoms with E-state index in [9.17, 15) is 21.6 Å². The maximum absolute atomic E-state index is 13.1. The number of aromatic nitrogens is 2. The molecule has 31 heavy (non-hydrogen) atoms. The van der Waals surface area contributed by atoms with Gasteiger partial charge >= 0.3 is 0 Å². The van der Waals surface area contributed by atoms with Crippen molar-refractivity contribution in [3.8, 4) is 0 Å². The van der Waals surface area contributed by atoms with Gasteiger partial charge in [0.25, 0.3) is 0 Å². The van der Waals surface area contributed by atoms with Gasteiger partial charge in [0.05, 0.1) is 15.7 Å². The molecule has 10 nitrogen and oxygen atoms in total. The second-order valence-electron chi connectivity index (χ2n) is 7.30. The minimum atomic E-state index is -3.86. The Balaban J connectivity index is 1.73. The van der Waals surface area contributed by atoms with Crippen LogP contribution in [0.2, 0.25) is 0 Å². The summed E-state index contributed by atoms with van der Waals surface area (Å²) in [6.45, 7) is 2.28. The molecule has 1 aromatic carbocycles. The molecule has 3 rings (SSSR count). The van der Waals surface area contributed by atoms with Crippen LogP contribution in [0.5, 0.6) is 0 Å². The van der Waals surface area contributed by atoms with Crippen molar-refractivity contribution in [3.05, 3.63) is 29.3 Å². The average Bonchev–Trinajstić information content (AvgIpc) is 3.21. The summed E-state index contributed by atoms with van der Waals surface area (Å²) in [5.41, 5.74) is 0. The average molecular weight is 488 g/mol. The highest BCUT2D eigenvalue weighted by atomic mass is 32.2. The second kappa shape index (κ2) is 9.28. The molecule has 1 aromatic heterocycles. The molecule has 0 radical (unpaired) electrons. The highest BCUT2D eigenvalue weighted by Crippen LogP contribution is 2.26. The molecular weight excluding hydrogens is 462 g/mol. The molecule has 170 valence electrons. The first-order chi connectivity index (χ1) is 14.6. The van der Waals surface area contributed by atoms with Crippen molar-refractivity contribution in [1.82, 2.24) is 18.8 Å². The van der Waals surface area contributed by atoms with Crippen LogP contribution >= 0.6 is 11.3 Å². The summed E-state index contributed by atoms with van der Waals surface area (Å²) in [6, 6.07) is 5.11. The molecule has 1 saturated heterocycles. The summed E-state index contributed by atoms with van der Waals surface area (Å²) >= 11 is 1.30. The Kier molecular flexibility index (Phi) is 7.11. The van der Waals surface area contributed by atoms with Gasteiger partial charge in [-0.15, -0.1) is 10.2 Å². The maximum Gasteiger partial charge on any atom is 0.243 e. The van der Waals surface area contributed by atoms with Crippen LogP contribution in [-0.2, 0) is 31.3 Å². The van der Waals surface area contributed by atoms with E-state index in [-0.39, 0.29) is 22.2 Å². The third-order valence-corrected chi connectivity index (χ3v) is 9.69. The summed E-state index contributed by atoms with van der Waals surface area (Å²) in [5.74, 6) is -0.794. The molecule has 0 aliphatic carbocycles. The topological polar surface area (TPSA) is 130 Å². The van der Waals surface area contributed by atoms with E-state index in [4.69, 9.17) is 0 Å². The number of nitrogens with zero attached hydrogens (tertiary/aromatic N) is 4. The lowest BCUT2D eigenvalue weighted by Crippen LogP contribution is -2.43. The van der Waals surface area contributed by atoms with E-state index in [1.807, 2.05) is 6.92 Å². The Morgan fingerprint density at radius 1 is 1.16 bits per heavy atom. The Hall–Kier alpha value is -1.93. The number of rotatable bonds is 7. The first-order valence-corrected chi connectivity index (χ1v) is 13.4. The number of nitrogens with one attached hydrogen (secondary N) is 1. The Morgan fingerprint density at radius 2 is 1.81 bits per heavy atom. The molecule has 1 aliphatic heterocycles. The van der Waals surface area contributed by atoms with Gasteiger partial charge in [-0.1, -0.05) is 18.3 Å². The van der Waals surface area contributed by atoms with Crippen LogP contribution < -0.4 is 5.32 Å². The van der Waals surface area contributed by atoms with Gasteiger partial charge < -0.3 is 5.32 Å². The number of anilines is 1. The first kappa shape index (κ1) is 23.7. The lowest BCUT2D eigenvalue weighted by atomic mass is 9.99. The van der Waals surface area contributed by atoms with E-state index < -0.39 is 26.0 Å². The number of benzene rings is 1. The summed E-state index contributed by atoms with van der Waals surface area (Å²) in [6.07, 6.45) is 1.83. The van der Waals surface area contributed by atoms with E-state index in [0.717, 1.165) is 15.7 Å². The molecule has 0 saturated carbocycles. The fraction of sp³-hybridized carbons (Fsp3) is 0.500. The summed E-state index contributed by atoms with van der Waals surface area (Å²) < 4.78 is 52.9. The molecule has 2 heterocycles. The van der Waals surface area contributed by atoms with Crippen LogP contribution in [0, 0.1) is 5.92 Å². The molecule has 0 unspecified atom stereocenters. The number of hydrogen-bond acceptors (Lipinski definition) is 8. The minimum Gasteiger partial charge on any atom is -0.300 e. The van der Waals surface area contributed by atoms with Crippen LogP contribution in [-0.4, -0.2) is 68.7 Å². The largest absolute Gasteiger partial charge is 0.300 e. The number of sulfonamides is 2. The predicted octanol–water partition coefficient (Wildman–Crippen LogP) is 1.39.